The van der Waals surface area contributed by atoms with Gasteiger partial charge in [0.15, 0.2) is 0 Å². The van der Waals surface area contributed by atoms with Gasteiger partial charge in [0.2, 0.25) is 0 Å². The van der Waals surface area contributed by atoms with Gasteiger partial charge in [0, 0.05) is 50.2 Å². The molecule has 0 aliphatic carbocycles. The molecule has 57 heavy (non-hydrogen) atoms. The Morgan fingerprint density at radius 2 is 0.825 bits per heavy atom. The van der Waals surface area contributed by atoms with Gasteiger partial charge in [0.1, 0.15) is 22.3 Å². The van der Waals surface area contributed by atoms with E-state index in [1.807, 2.05) is 36.5 Å². The Balaban J connectivity index is 0.956. The van der Waals surface area contributed by atoms with Gasteiger partial charge >= 0.3 is 0 Å². The number of furan rings is 2. The lowest BCUT2D eigenvalue weighted by atomic mass is 9.99. The molecule has 0 amide bonds. The van der Waals surface area contributed by atoms with E-state index in [4.69, 9.17) is 8.83 Å². The van der Waals surface area contributed by atoms with E-state index in [-0.39, 0.29) is 0 Å². The fourth-order valence-electron chi connectivity index (χ4n) is 8.55. The number of aromatic nitrogens is 1. The molecule has 3 aromatic heterocycles. The van der Waals surface area contributed by atoms with Crippen LogP contribution in [-0.4, -0.2) is 4.98 Å². The third kappa shape index (κ3) is 5.26. The van der Waals surface area contributed by atoms with Crippen molar-refractivity contribution in [2.45, 2.75) is 0 Å². The Bertz CT molecular complexity index is 3370. The van der Waals surface area contributed by atoms with Gasteiger partial charge in [-0.2, -0.15) is 0 Å². The first-order valence-electron chi connectivity index (χ1n) is 19.2. The molecule has 0 bridgehead atoms. The highest BCUT2D eigenvalue weighted by atomic mass is 16.3. The fraction of sp³-hybridized carbons (Fsp3) is 0. The average Bonchev–Trinajstić information content (AvgIpc) is 3.82. The SMILES string of the molecule is c1cnc2ccc(-c3ccc(-c4ccc(N(c5ccc6cc7c(cc6c5)oc5ccccc57)c5ccc6cc7c(cc6c5)oc5ccccc57)cc4)cc3)cc2c1. The Morgan fingerprint density at radius 1 is 0.316 bits per heavy atom. The van der Waals surface area contributed by atoms with E-state index >= 15 is 0 Å². The van der Waals surface area contributed by atoms with E-state index in [9.17, 15) is 0 Å². The quantitative estimate of drug-likeness (QED) is 0.177. The Labute approximate surface area is 327 Å². The van der Waals surface area contributed by atoms with E-state index in [1.165, 1.54) is 27.5 Å². The van der Waals surface area contributed by atoms with Crippen LogP contribution >= 0.6 is 0 Å². The molecule has 0 N–H and O–H groups in total. The molecule has 0 unspecified atom stereocenters. The van der Waals surface area contributed by atoms with Crippen LogP contribution in [0.3, 0.4) is 0 Å². The summed E-state index contributed by atoms with van der Waals surface area (Å²) in [6.45, 7) is 0. The summed E-state index contributed by atoms with van der Waals surface area (Å²) < 4.78 is 12.6. The molecule has 0 saturated heterocycles. The van der Waals surface area contributed by atoms with Crippen LogP contribution in [0.25, 0.3) is 98.6 Å². The lowest BCUT2D eigenvalue weighted by Gasteiger charge is -2.26. The zero-order valence-electron chi connectivity index (χ0n) is 30.7. The van der Waals surface area contributed by atoms with E-state index in [0.29, 0.717) is 0 Å². The summed E-state index contributed by atoms with van der Waals surface area (Å²) in [7, 11) is 0. The maximum absolute atomic E-state index is 6.31. The van der Waals surface area contributed by atoms with E-state index in [2.05, 4.69) is 168 Å². The van der Waals surface area contributed by atoms with Crippen LogP contribution < -0.4 is 4.90 Å². The van der Waals surface area contributed by atoms with Crippen molar-refractivity contribution in [2.75, 3.05) is 4.90 Å². The number of hydrogen-bond donors (Lipinski definition) is 0. The predicted molar refractivity (Wildman–Crippen MR) is 237 cm³/mol. The standard InChI is InChI=1S/C53H32N2O2/c1-3-9-50-45(7-1)47-29-37-17-22-43(27-40(37)31-52(47)56-50)55(44-23-18-38-30-48-46-8-2-4-10-51(46)57-53(48)32-41(38)28-44)42-20-15-34(16-21-42)33-11-13-35(14-12-33)36-19-24-49-39(26-36)6-5-25-54-49/h1-32H. The number of benzene rings is 9. The van der Waals surface area contributed by atoms with Crippen molar-refractivity contribution in [3.8, 4) is 22.3 Å². The Hall–Kier alpha value is -7.69. The molecule has 0 atom stereocenters. The molecule has 0 fully saturated rings. The molecule has 3 heterocycles. The van der Waals surface area contributed by atoms with Gasteiger partial charge in [-0.3, -0.25) is 4.98 Å². The Kier molecular flexibility index (Phi) is 6.89. The van der Waals surface area contributed by atoms with Crippen LogP contribution in [0.15, 0.2) is 203 Å². The van der Waals surface area contributed by atoms with Gasteiger partial charge in [0.05, 0.1) is 5.52 Å². The van der Waals surface area contributed by atoms with Crippen molar-refractivity contribution in [2.24, 2.45) is 0 Å². The normalized spacial score (nSPS) is 11.9. The van der Waals surface area contributed by atoms with Crippen molar-refractivity contribution in [3.05, 3.63) is 194 Å². The second kappa shape index (κ2) is 12.4. The topological polar surface area (TPSA) is 42.4 Å². The second-order valence-corrected chi connectivity index (χ2v) is 14.8. The molecule has 0 saturated carbocycles. The zero-order chi connectivity index (χ0) is 37.5. The van der Waals surface area contributed by atoms with Crippen LogP contribution in [0, 0.1) is 0 Å². The smallest absolute Gasteiger partial charge is 0.136 e. The molecule has 0 aliphatic rings. The van der Waals surface area contributed by atoms with Crippen molar-refractivity contribution in [1.29, 1.82) is 0 Å². The summed E-state index contributed by atoms with van der Waals surface area (Å²) in [5.41, 5.74) is 12.5. The van der Waals surface area contributed by atoms with Gasteiger partial charge < -0.3 is 13.7 Å². The molecule has 0 aliphatic heterocycles. The lowest BCUT2D eigenvalue weighted by molar-refractivity contribution is 0.669. The minimum Gasteiger partial charge on any atom is -0.456 e. The highest BCUT2D eigenvalue weighted by Crippen LogP contribution is 2.41. The molecule has 0 spiro atoms. The summed E-state index contributed by atoms with van der Waals surface area (Å²) in [5, 5.41) is 10.3. The van der Waals surface area contributed by atoms with Gasteiger partial charge in [-0.25, -0.2) is 0 Å². The van der Waals surface area contributed by atoms with Gasteiger partial charge in [0.25, 0.3) is 0 Å². The van der Waals surface area contributed by atoms with Crippen LogP contribution in [0.2, 0.25) is 0 Å². The molecule has 4 nitrogen and oxygen atoms in total. The third-order valence-corrected chi connectivity index (χ3v) is 11.4. The maximum atomic E-state index is 6.31. The number of anilines is 3. The van der Waals surface area contributed by atoms with Crippen LogP contribution in [-0.2, 0) is 0 Å². The summed E-state index contributed by atoms with van der Waals surface area (Å²) >= 11 is 0. The predicted octanol–water partition coefficient (Wildman–Crippen LogP) is 15.1. The average molecular weight is 729 g/mol. The maximum Gasteiger partial charge on any atom is 0.136 e. The number of para-hydroxylation sites is 2. The van der Waals surface area contributed by atoms with E-state index in [1.54, 1.807) is 0 Å². The van der Waals surface area contributed by atoms with Crippen molar-refractivity contribution < 1.29 is 8.83 Å². The second-order valence-electron chi connectivity index (χ2n) is 14.8. The van der Waals surface area contributed by atoms with Crippen molar-refractivity contribution in [1.82, 2.24) is 4.98 Å². The first-order chi connectivity index (χ1) is 28.2. The number of hydrogen-bond acceptors (Lipinski definition) is 4. The zero-order valence-corrected chi connectivity index (χ0v) is 30.7. The van der Waals surface area contributed by atoms with E-state index in [0.717, 1.165) is 88.2 Å². The molecule has 9 aromatic carbocycles. The van der Waals surface area contributed by atoms with Gasteiger partial charge in [-0.15, -0.1) is 0 Å². The summed E-state index contributed by atoms with van der Waals surface area (Å²) in [5.74, 6) is 0. The van der Waals surface area contributed by atoms with E-state index < -0.39 is 0 Å². The number of nitrogens with zero attached hydrogens (tertiary/aromatic N) is 2. The number of fused-ring (bicyclic) bond motifs is 9. The minimum absolute atomic E-state index is 0.890. The first kappa shape index (κ1) is 31.6. The fourth-order valence-corrected chi connectivity index (χ4v) is 8.55. The van der Waals surface area contributed by atoms with Crippen LogP contribution in [0.1, 0.15) is 0 Å². The summed E-state index contributed by atoms with van der Waals surface area (Å²) in [6, 6.07) is 67.0. The van der Waals surface area contributed by atoms with Gasteiger partial charge in [-0.1, -0.05) is 97.1 Å². The largest absolute Gasteiger partial charge is 0.456 e. The first-order valence-corrected chi connectivity index (χ1v) is 19.2. The number of pyridine rings is 1. The Morgan fingerprint density at radius 3 is 1.42 bits per heavy atom. The minimum atomic E-state index is 0.890. The van der Waals surface area contributed by atoms with Crippen LogP contribution in [0.5, 0.6) is 0 Å². The van der Waals surface area contributed by atoms with Crippen molar-refractivity contribution >= 4 is 93.4 Å². The molecular weight excluding hydrogens is 697 g/mol. The number of rotatable bonds is 5. The molecule has 0 radical (unpaired) electrons. The molecule has 12 rings (SSSR count). The third-order valence-electron chi connectivity index (χ3n) is 11.4. The van der Waals surface area contributed by atoms with Gasteiger partial charge in [-0.05, 0) is 135 Å². The van der Waals surface area contributed by atoms with Crippen LogP contribution in [0.4, 0.5) is 17.1 Å². The molecule has 12 aromatic rings. The monoisotopic (exact) mass is 728 g/mol. The lowest BCUT2D eigenvalue weighted by Crippen LogP contribution is -2.09. The molecule has 4 heteroatoms. The summed E-state index contributed by atoms with van der Waals surface area (Å²) in [4.78, 5) is 6.82. The molecule has 266 valence electrons. The molecular formula is C53H32N2O2. The van der Waals surface area contributed by atoms with Crippen molar-refractivity contribution in [3.63, 3.8) is 0 Å². The highest BCUT2D eigenvalue weighted by molar-refractivity contribution is 6.12. The summed E-state index contributed by atoms with van der Waals surface area (Å²) in [6.07, 6.45) is 1.84. The highest BCUT2D eigenvalue weighted by Gasteiger charge is 2.17.